The van der Waals surface area contributed by atoms with Gasteiger partial charge in [0, 0.05) is 10.7 Å². The first-order valence-electron chi connectivity index (χ1n) is 4.88. The van der Waals surface area contributed by atoms with Crippen LogP contribution in [-0.4, -0.2) is 5.38 Å². The van der Waals surface area contributed by atoms with Crippen molar-refractivity contribution >= 4 is 23.2 Å². The van der Waals surface area contributed by atoms with E-state index < -0.39 is 5.54 Å². The molecule has 0 saturated heterocycles. The zero-order chi connectivity index (χ0) is 11.8. The maximum Gasteiger partial charge on any atom is 0.0802 e. The first-order valence-corrected chi connectivity index (χ1v) is 5.69. The average Bonchev–Trinajstić information content (AvgIpc) is 2.24. The first kappa shape index (κ1) is 11.5. The zero-order valence-electron chi connectivity index (χ0n) is 8.53. The maximum atomic E-state index is 6.28. The molecule has 0 bridgehead atoms. The number of benzene rings is 1. The summed E-state index contributed by atoms with van der Waals surface area (Å²) in [6.45, 7) is 0. The molecule has 4 N–H and O–H groups in total. The summed E-state index contributed by atoms with van der Waals surface area (Å²) in [5, 5.41) is 0.262. The number of nitrogens with two attached hydrogens (primary N) is 2. The first-order chi connectivity index (χ1) is 7.52. The van der Waals surface area contributed by atoms with E-state index in [-0.39, 0.29) is 5.38 Å². The molecule has 0 aliphatic heterocycles. The minimum Gasteiger partial charge on any atom is -0.399 e. The van der Waals surface area contributed by atoms with Crippen LogP contribution in [0.15, 0.2) is 48.2 Å². The smallest absolute Gasteiger partial charge is 0.0802 e. The predicted octanol–water partition coefficient (Wildman–Crippen LogP) is 2.51. The topological polar surface area (TPSA) is 52.0 Å². The summed E-state index contributed by atoms with van der Waals surface area (Å²) in [6, 6.07) is 7.37. The maximum absolute atomic E-state index is 6.28. The fraction of sp³-hybridized carbons (Fsp3) is 0.167. The molecule has 16 heavy (non-hydrogen) atoms. The van der Waals surface area contributed by atoms with Gasteiger partial charge >= 0.3 is 0 Å². The van der Waals surface area contributed by atoms with E-state index in [0.29, 0.717) is 10.7 Å². The molecule has 0 amide bonds. The van der Waals surface area contributed by atoms with Gasteiger partial charge in [0.05, 0.1) is 10.9 Å². The van der Waals surface area contributed by atoms with Gasteiger partial charge in [-0.25, -0.2) is 0 Å². The van der Waals surface area contributed by atoms with Gasteiger partial charge in [-0.3, -0.25) is 0 Å². The highest BCUT2D eigenvalue weighted by Gasteiger charge is 2.33. The SMILES string of the molecule is NC1=CC(Cl)C(N)(c2cccc(Cl)c2)C=C1. The Morgan fingerprint density at radius 1 is 1.31 bits per heavy atom. The molecule has 2 unspecified atom stereocenters. The van der Waals surface area contributed by atoms with E-state index in [1.165, 1.54) is 0 Å². The van der Waals surface area contributed by atoms with Crippen molar-refractivity contribution in [2.45, 2.75) is 10.9 Å². The van der Waals surface area contributed by atoms with E-state index in [1.54, 1.807) is 18.2 Å². The van der Waals surface area contributed by atoms with E-state index in [0.717, 1.165) is 5.56 Å². The number of halogens is 2. The highest BCUT2D eigenvalue weighted by atomic mass is 35.5. The Morgan fingerprint density at radius 3 is 2.69 bits per heavy atom. The Labute approximate surface area is 105 Å². The van der Waals surface area contributed by atoms with Crippen LogP contribution in [0.4, 0.5) is 0 Å². The normalized spacial score (nSPS) is 28.9. The van der Waals surface area contributed by atoms with Gasteiger partial charge in [-0.2, -0.15) is 0 Å². The van der Waals surface area contributed by atoms with Crippen molar-refractivity contribution in [2.75, 3.05) is 0 Å². The second-order valence-corrected chi connectivity index (χ2v) is 4.75. The quantitative estimate of drug-likeness (QED) is 0.757. The van der Waals surface area contributed by atoms with E-state index in [1.807, 2.05) is 24.3 Å². The molecule has 0 saturated carbocycles. The van der Waals surface area contributed by atoms with Gasteiger partial charge in [0.25, 0.3) is 0 Å². The monoisotopic (exact) mass is 254 g/mol. The molecule has 2 atom stereocenters. The second kappa shape index (κ2) is 4.13. The fourth-order valence-electron chi connectivity index (χ4n) is 1.70. The summed E-state index contributed by atoms with van der Waals surface area (Å²) >= 11 is 12.2. The summed E-state index contributed by atoms with van der Waals surface area (Å²) in [5.41, 5.74) is 12.7. The molecular weight excluding hydrogens is 243 g/mol. The molecule has 84 valence electrons. The molecular formula is C12H12Cl2N2. The molecule has 0 fully saturated rings. The number of alkyl halides is 1. The van der Waals surface area contributed by atoms with E-state index in [4.69, 9.17) is 34.7 Å². The standard InChI is InChI=1S/C12H12Cl2N2/c13-9-3-1-2-8(6-9)12(16)5-4-10(15)7-11(12)14/h1-7,11H,15-16H2. The zero-order valence-corrected chi connectivity index (χ0v) is 10.0. The minimum absolute atomic E-state index is 0.379. The van der Waals surface area contributed by atoms with Crippen molar-refractivity contribution in [3.8, 4) is 0 Å². The van der Waals surface area contributed by atoms with Crippen LogP contribution in [0.3, 0.4) is 0 Å². The van der Waals surface area contributed by atoms with E-state index in [9.17, 15) is 0 Å². The summed E-state index contributed by atoms with van der Waals surface area (Å²) in [5.74, 6) is 0. The predicted molar refractivity (Wildman–Crippen MR) is 68.4 cm³/mol. The molecule has 2 nitrogen and oxygen atoms in total. The molecule has 0 aromatic heterocycles. The number of rotatable bonds is 1. The molecule has 4 heteroatoms. The highest BCUT2D eigenvalue weighted by Crippen LogP contribution is 2.33. The minimum atomic E-state index is -0.755. The van der Waals surface area contributed by atoms with Gasteiger partial charge in [-0.1, -0.05) is 29.8 Å². The van der Waals surface area contributed by atoms with Crippen LogP contribution in [0.25, 0.3) is 0 Å². The molecule has 1 aliphatic carbocycles. The van der Waals surface area contributed by atoms with Crippen molar-refractivity contribution < 1.29 is 0 Å². The Morgan fingerprint density at radius 2 is 2.06 bits per heavy atom. The highest BCUT2D eigenvalue weighted by molar-refractivity contribution is 6.30. The Bertz CT molecular complexity index is 468. The molecule has 1 aliphatic rings. The molecule has 2 rings (SSSR count). The number of hydrogen-bond acceptors (Lipinski definition) is 2. The van der Waals surface area contributed by atoms with Crippen molar-refractivity contribution in [2.24, 2.45) is 11.5 Å². The van der Waals surface area contributed by atoms with Crippen molar-refractivity contribution in [1.29, 1.82) is 0 Å². The second-order valence-electron chi connectivity index (χ2n) is 3.85. The van der Waals surface area contributed by atoms with Gasteiger partial charge in [0.2, 0.25) is 0 Å². The van der Waals surface area contributed by atoms with Crippen molar-refractivity contribution in [3.05, 3.63) is 58.8 Å². The van der Waals surface area contributed by atoms with Gasteiger partial charge in [-0.05, 0) is 29.8 Å². The van der Waals surface area contributed by atoms with Crippen LogP contribution < -0.4 is 11.5 Å². The summed E-state index contributed by atoms with van der Waals surface area (Å²) in [7, 11) is 0. The number of hydrogen-bond donors (Lipinski definition) is 2. The Kier molecular flexibility index (Phi) is 2.98. The Hall–Kier alpha value is -0.960. The molecule has 0 heterocycles. The van der Waals surface area contributed by atoms with Crippen LogP contribution in [0.5, 0.6) is 0 Å². The molecule has 0 spiro atoms. The van der Waals surface area contributed by atoms with Gasteiger partial charge < -0.3 is 11.5 Å². The van der Waals surface area contributed by atoms with Gasteiger partial charge in [0.15, 0.2) is 0 Å². The van der Waals surface area contributed by atoms with Crippen LogP contribution in [0, 0.1) is 0 Å². The van der Waals surface area contributed by atoms with E-state index in [2.05, 4.69) is 0 Å². The van der Waals surface area contributed by atoms with E-state index >= 15 is 0 Å². The summed E-state index contributed by atoms with van der Waals surface area (Å²) in [4.78, 5) is 0. The van der Waals surface area contributed by atoms with Crippen molar-refractivity contribution in [1.82, 2.24) is 0 Å². The van der Waals surface area contributed by atoms with Gasteiger partial charge in [-0.15, -0.1) is 11.6 Å². The largest absolute Gasteiger partial charge is 0.399 e. The molecule has 1 aromatic rings. The van der Waals surface area contributed by atoms with Crippen LogP contribution in [0.2, 0.25) is 5.02 Å². The third kappa shape index (κ3) is 1.96. The molecule has 1 aromatic carbocycles. The van der Waals surface area contributed by atoms with Crippen LogP contribution in [0.1, 0.15) is 5.56 Å². The van der Waals surface area contributed by atoms with Crippen molar-refractivity contribution in [3.63, 3.8) is 0 Å². The lowest BCUT2D eigenvalue weighted by atomic mass is 9.84. The lowest BCUT2D eigenvalue weighted by Crippen LogP contribution is -2.44. The number of allylic oxidation sites excluding steroid dienone is 1. The summed E-state index contributed by atoms with van der Waals surface area (Å²) in [6.07, 6.45) is 5.31. The Balaban J connectivity index is 2.44. The third-order valence-electron chi connectivity index (χ3n) is 2.67. The average molecular weight is 255 g/mol. The third-order valence-corrected chi connectivity index (χ3v) is 3.39. The fourth-order valence-corrected chi connectivity index (χ4v) is 2.24. The molecule has 0 radical (unpaired) electrons. The summed E-state index contributed by atoms with van der Waals surface area (Å²) < 4.78 is 0. The van der Waals surface area contributed by atoms with Crippen LogP contribution >= 0.6 is 23.2 Å². The lowest BCUT2D eigenvalue weighted by Gasteiger charge is -2.32. The van der Waals surface area contributed by atoms with Gasteiger partial charge in [0.1, 0.15) is 0 Å². The van der Waals surface area contributed by atoms with Crippen LogP contribution in [-0.2, 0) is 5.54 Å². The lowest BCUT2D eigenvalue weighted by molar-refractivity contribution is 0.569.